The molecule has 4 rings (SSSR count). The summed E-state index contributed by atoms with van der Waals surface area (Å²) in [5.41, 5.74) is 1.23. The van der Waals surface area contributed by atoms with Gasteiger partial charge in [-0.15, -0.1) is 0 Å². The average Bonchev–Trinajstić information content (AvgIpc) is 2.78. The molecule has 4 atom stereocenters. The molecule has 1 fully saturated rings. The van der Waals surface area contributed by atoms with Gasteiger partial charge in [0.2, 0.25) is 10.0 Å². The minimum absolute atomic E-state index is 0.308. The van der Waals surface area contributed by atoms with Gasteiger partial charge >= 0.3 is 5.97 Å². The van der Waals surface area contributed by atoms with Crippen LogP contribution in [-0.2, 0) is 14.8 Å². The van der Waals surface area contributed by atoms with Gasteiger partial charge in [-0.2, -0.15) is 0 Å². The lowest BCUT2D eigenvalue weighted by Crippen LogP contribution is -2.58. The molecule has 2 N–H and O–H groups in total. The molecule has 1 aliphatic heterocycles. The number of nitrogens with zero attached hydrogens (tertiary/aromatic N) is 1. The molecule has 34 heavy (non-hydrogen) atoms. The lowest BCUT2D eigenvalue weighted by molar-refractivity contribution is -0.141. The van der Waals surface area contributed by atoms with Crippen molar-refractivity contribution in [2.45, 2.75) is 49.7 Å². The van der Waals surface area contributed by atoms with E-state index >= 15 is 0 Å². The van der Waals surface area contributed by atoms with E-state index in [2.05, 4.69) is 4.72 Å². The monoisotopic (exact) mass is 506 g/mol. The summed E-state index contributed by atoms with van der Waals surface area (Å²) in [4.78, 5) is 28.2. The first-order valence-corrected chi connectivity index (χ1v) is 13.3. The summed E-state index contributed by atoms with van der Waals surface area (Å²) in [6, 6.07) is 9.61. The fourth-order valence-corrected chi connectivity index (χ4v) is 6.29. The molecular formula is C24H27ClN2O6S. The number of carbonyl (C=O) groups excluding carboxylic acids is 1. The molecule has 2 aromatic carbocycles. The standard InChI is InChI=1S/C24H27ClN2O6S/c1-33-20-13-14(25)11-12-17(20)22-21(24(29)30)15-7-3-4-8-16(15)23(28)27(22)19-10-6-5-9-18(19)26-34(2,31)32/h3-4,7-8,11-13,18-19,21-22,26H,5-6,9-10H2,1-2H3,(H,29,30)/t18-,19-,21-,22+/m1/s1. The van der Waals surface area contributed by atoms with E-state index in [1.807, 2.05) is 0 Å². The lowest BCUT2D eigenvalue weighted by Gasteiger charge is -2.48. The zero-order chi connectivity index (χ0) is 24.6. The van der Waals surface area contributed by atoms with Crippen molar-refractivity contribution < 1.29 is 27.9 Å². The number of carbonyl (C=O) groups is 2. The zero-order valence-corrected chi connectivity index (χ0v) is 20.5. The van der Waals surface area contributed by atoms with Crippen molar-refractivity contribution in [3.8, 4) is 5.75 Å². The highest BCUT2D eigenvalue weighted by atomic mass is 35.5. The van der Waals surface area contributed by atoms with Crippen molar-refractivity contribution in [2.75, 3.05) is 13.4 Å². The number of ether oxygens (including phenoxy) is 1. The van der Waals surface area contributed by atoms with Crippen molar-refractivity contribution in [1.82, 2.24) is 9.62 Å². The summed E-state index contributed by atoms with van der Waals surface area (Å²) in [5.74, 6) is -2.13. The van der Waals surface area contributed by atoms with E-state index in [0.29, 0.717) is 40.3 Å². The Labute approximate surface area is 203 Å². The van der Waals surface area contributed by atoms with E-state index in [4.69, 9.17) is 16.3 Å². The second kappa shape index (κ2) is 9.56. The number of rotatable bonds is 6. The lowest BCUT2D eigenvalue weighted by atomic mass is 9.76. The van der Waals surface area contributed by atoms with Crippen LogP contribution in [0.3, 0.4) is 0 Å². The van der Waals surface area contributed by atoms with Gasteiger partial charge in [0.15, 0.2) is 0 Å². The Hall–Kier alpha value is -2.62. The Morgan fingerprint density at radius 3 is 2.53 bits per heavy atom. The van der Waals surface area contributed by atoms with Crippen molar-refractivity contribution in [1.29, 1.82) is 0 Å². The molecule has 0 aromatic heterocycles. The minimum Gasteiger partial charge on any atom is -0.496 e. The van der Waals surface area contributed by atoms with Gasteiger partial charge in [0, 0.05) is 28.2 Å². The first-order chi connectivity index (χ1) is 16.1. The number of halogens is 1. The highest BCUT2D eigenvalue weighted by molar-refractivity contribution is 7.88. The van der Waals surface area contributed by atoms with Crippen LogP contribution in [0.1, 0.15) is 59.1 Å². The number of fused-ring (bicyclic) bond motifs is 1. The first-order valence-electron chi connectivity index (χ1n) is 11.1. The number of carboxylic acid groups (broad SMARTS) is 1. The van der Waals surface area contributed by atoms with E-state index in [0.717, 1.165) is 19.1 Å². The topological polar surface area (TPSA) is 113 Å². The van der Waals surface area contributed by atoms with Crippen LogP contribution in [0.25, 0.3) is 0 Å². The minimum atomic E-state index is -3.55. The van der Waals surface area contributed by atoms with Gasteiger partial charge in [-0.25, -0.2) is 13.1 Å². The molecule has 0 unspecified atom stereocenters. The van der Waals surface area contributed by atoms with Crippen LogP contribution in [-0.4, -0.2) is 55.7 Å². The molecule has 0 radical (unpaired) electrons. The van der Waals surface area contributed by atoms with E-state index in [1.54, 1.807) is 47.4 Å². The fraction of sp³-hybridized carbons (Fsp3) is 0.417. The maximum absolute atomic E-state index is 13.9. The molecule has 1 aliphatic carbocycles. The van der Waals surface area contributed by atoms with Crippen molar-refractivity contribution in [3.05, 3.63) is 64.2 Å². The van der Waals surface area contributed by atoms with Crippen molar-refractivity contribution in [2.24, 2.45) is 0 Å². The molecule has 0 saturated heterocycles. The summed E-state index contributed by atoms with van der Waals surface area (Å²) in [7, 11) is -2.09. The Morgan fingerprint density at radius 2 is 1.85 bits per heavy atom. The van der Waals surface area contributed by atoms with E-state index in [1.165, 1.54) is 7.11 Å². The Kier molecular flexibility index (Phi) is 6.89. The van der Waals surface area contributed by atoms with Crippen LogP contribution in [0.4, 0.5) is 0 Å². The number of nitrogens with one attached hydrogen (secondary N) is 1. The normalized spacial score (nSPS) is 25.0. The number of hydrogen-bond donors (Lipinski definition) is 2. The van der Waals surface area contributed by atoms with Crippen LogP contribution in [0.15, 0.2) is 42.5 Å². The Bertz CT molecular complexity index is 1220. The predicted octanol–water partition coefficient (Wildman–Crippen LogP) is 3.57. The molecule has 0 spiro atoms. The summed E-state index contributed by atoms with van der Waals surface area (Å²) in [5, 5.41) is 10.8. The van der Waals surface area contributed by atoms with Gasteiger partial charge < -0.3 is 14.7 Å². The highest BCUT2D eigenvalue weighted by Crippen LogP contribution is 2.48. The number of carboxylic acids is 1. The maximum Gasteiger partial charge on any atom is 0.313 e. The Morgan fingerprint density at radius 1 is 1.15 bits per heavy atom. The zero-order valence-electron chi connectivity index (χ0n) is 18.9. The largest absolute Gasteiger partial charge is 0.496 e. The summed E-state index contributed by atoms with van der Waals surface area (Å²) in [6.45, 7) is 0. The third-order valence-electron chi connectivity index (χ3n) is 6.61. The number of benzene rings is 2. The van der Waals surface area contributed by atoms with E-state index < -0.39 is 40.0 Å². The molecule has 1 saturated carbocycles. The van der Waals surface area contributed by atoms with Gasteiger partial charge in [-0.1, -0.05) is 48.7 Å². The van der Waals surface area contributed by atoms with Crippen molar-refractivity contribution in [3.63, 3.8) is 0 Å². The van der Waals surface area contributed by atoms with Crippen LogP contribution < -0.4 is 9.46 Å². The van der Waals surface area contributed by atoms with Crippen LogP contribution in [0.5, 0.6) is 5.75 Å². The molecule has 2 aromatic rings. The Balaban J connectivity index is 1.95. The molecule has 8 nitrogen and oxygen atoms in total. The number of hydrogen-bond acceptors (Lipinski definition) is 5. The van der Waals surface area contributed by atoms with Gasteiger partial charge in [0.05, 0.1) is 19.4 Å². The maximum atomic E-state index is 13.9. The fourth-order valence-electron chi connectivity index (χ4n) is 5.30. The van der Waals surface area contributed by atoms with Crippen LogP contribution >= 0.6 is 11.6 Å². The third kappa shape index (κ3) is 4.64. The molecule has 10 heteroatoms. The van der Waals surface area contributed by atoms with E-state index in [9.17, 15) is 23.1 Å². The second-order valence-electron chi connectivity index (χ2n) is 8.80. The summed E-state index contributed by atoms with van der Waals surface area (Å²) in [6.07, 6.45) is 3.77. The summed E-state index contributed by atoms with van der Waals surface area (Å²) < 4.78 is 32.5. The van der Waals surface area contributed by atoms with Gasteiger partial charge in [0.25, 0.3) is 5.91 Å². The quantitative estimate of drug-likeness (QED) is 0.619. The molecule has 1 heterocycles. The number of aliphatic carboxylic acids is 1. The van der Waals surface area contributed by atoms with Crippen LogP contribution in [0, 0.1) is 0 Å². The smallest absolute Gasteiger partial charge is 0.313 e. The molecular weight excluding hydrogens is 480 g/mol. The molecule has 1 amide bonds. The van der Waals surface area contributed by atoms with Gasteiger partial charge in [-0.3, -0.25) is 9.59 Å². The van der Waals surface area contributed by atoms with Crippen LogP contribution in [0.2, 0.25) is 5.02 Å². The first kappa shape index (κ1) is 24.5. The highest BCUT2D eigenvalue weighted by Gasteiger charge is 2.49. The summed E-state index contributed by atoms with van der Waals surface area (Å²) >= 11 is 6.17. The number of sulfonamides is 1. The molecule has 0 bridgehead atoms. The van der Waals surface area contributed by atoms with Gasteiger partial charge in [0.1, 0.15) is 11.7 Å². The predicted molar refractivity (Wildman–Crippen MR) is 128 cm³/mol. The van der Waals surface area contributed by atoms with Crippen molar-refractivity contribution >= 4 is 33.5 Å². The average molecular weight is 507 g/mol. The molecule has 2 aliphatic rings. The van der Waals surface area contributed by atoms with Gasteiger partial charge in [-0.05, 0) is 36.6 Å². The number of methoxy groups -OCH3 is 1. The second-order valence-corrected chi connectivity index (χ2v) is 11.0. The van der Waals surface area contributed by atoms with E-state index in [-0.39, 0.29) is 5.91 Å². The number of amides is 1. The molecule has 182 valence electrons. The third-order valence-corrected chi connectivity index (χ3v) is 7.57. The SMILES string of the molecule is COc1cc(Cl)ccc1[C@H]1[C@H](C(=O)O)c2ccccc2C(=O)N1[C@@H]1CCCC[C@H]1NS(C)(=O)=O.